The number of nitrogens with zero attached hydrogens (tertiary/aromatic N) is 1. The molecule has 1 fully saturated rings. The Balaban J connectivity index is 2.16. The lowest BCUT2D eigenvalue weighted by molar-refractivity contribution is 0.118. The van der Waals surface area contributed by atoms with Crippen LogP contribution in [0.15, 0.2) is 0 Å². The van der Waals surface area contributed by atoms with Crippen LogP contribution in [0.1, 0.15) is 46.0 Å². The third kappa shape index (κ3) is 5.28. The zero-order chi connectivity index (χ0) is 11.8. The lowest BCUT2D eigenvalue weighted by Gasteiger charge is -2.35. The molecule has 96 valence electrons. The van der Waals surface area contributed by atoms with E-state index < -0.39 is 0 Å². The zero-order valence-electron chi connectivity index (χ0n) is 10.9. The van der Waals surface area contributed by atoms with E-state index in [1.165, 1.54) is 38.8 Å². The molecule has 1 atom stereocenters. The summed E-state index contributed by atoms with van der Waals surface area (Å²) in [6, 6.07) is 1.23. The lowest BCUT2D eigenvalue weighted by Crippen LogP contribution is -2.41. The molecule has 1 aliphatic heterocycles. The van der Waals surface area contributed by atoms with Crippen molar-refractivity contribution < 1.29 is 5.11 Å². The molecule has 1 aliphatic rings. The van der Waals surface area contributed by atoms with Crippen LogP contribution in [0.5, 0.6) is 0 Å². The molecule has 1 unspecified atom stereocenters. The summed E-state index contributed by atoms with van der Waals surface area (Å²) in [6.07, 6.45) is 6.13. The van der Waals surface area contributed by atoms with Crippen LogP contribution >= 0.6 is 0 Å². The fourth-order valence-electron chi connectivity index (χ4n) is 2.50. The van der Waals surface area contributed by atoms with E-state index in [-0.39, 0.29) is 0 Å². The minimum atomic E-state index is 0.339. The standard InChI is InChI=1S/C13H28N2O/c1-12(2)14-8-5-10-15-9-4-3-6-13(15)7-11-16/h12-14,16H,3-11H2,1-2H3. The fourth-order valence-corrected chi connectivity index (χ4v) is 2.50. The molecule has 1 rings (SSSR count). The van der Waals surface area contributed by atoms with E-state index in [0.29, 0.717) is 18.7 Å². The smallest absolute Gasteiger partial charge is 0.0445 e. The van der Waals surface area contributed by atoms with Gasteiger partial charge in [-0.3, -0.25) is 0 Å². The number of aliphatic hydroxyl groups excluding tert-OH is 1. The summed E-state index contributed by atoms with van der Waals surface area (Å²) in [5, 5.41) is 12.5. The first-order valence-corrected chi connectivity index (χ1v) is 6.82. The first kappa shape index (κ1) is 13.9. The van der Waals surface area contributed by atoms with Crippen molar-refractivity contribution in [1.29, 1.82) is 0 Å². The van der Waals surface area contributed by atoms with Crippen molar-refractivity contribution in [3.05, 3.63) is 0 Å². The van der Waals surface area contributed by atoms with Crippen molar-refractivity contribution in [1.82, 2.24) is 10.2 Å². The highest BCUT2D eigenvalue weighted by molar-refractivity contribution is 4.76. The molecular weight excluding hydrogens is 200 g/mol. The topological polar surface area (TPSA) is 35.5 Å². The first-order chi connectivity index (χ1) is 7.74. The maximum absolute atomic E-state index is 9.04. The van der Waals surface area contributed by atoms with Crippen LogP contribution < -0.4 is 5.32 Å². The Labute approximate surface area is 100 Å². The molecule has 0 radical (unpaired) electrons. The van der Waals surface area contributed by atoms with Crippen molar-refractivity contribution >= 4 is 0 Å². The van der Waals surface area contributed by atoms with Gasteiger partial charge in [-0.25, -0.2) is 0 Å². The van der Waals surface area contributed by atoms with Crippen LogP contribution in [0, 0.1) is 0 Å². The summed E-state index contributed by atoms with van der Waals surface area (Å²) in [4.78, 5) is 2.57. The summed E-state index contributed by atoms with van der Waals surface area (Å²) < 4.78 is 0. The van der Waals surface area contributed by atoms with Crippen molar-refractivity contribution in [3.8, 4) is 0 Å². The normalized spacial score (nSPS) is 22.9. The minimum absolute atomic E-state index is 0.339. The molecule has 3 nitrogen and oxygen atoms in total. The molecule has 0 amide bonds. The molecule has 0 aromatic carbocycles. The van der Waals surface area contributed by atoms with Crippen LogP contribution in [0.4, 0.5) is 0 Å². The highest BCUT2D eigenvalue weighted by Crippen LogP contribution is 2.19. The predicted octanol–water partition coefficient (Wildman–Crippen LogP) is 1.61. The van der Waals surface area contributed by atoms with Gasteiger partial charge in [0.15, 0.2) is 0 Å². The summed E-state index contributed by atoms with van der Waals surface area (Å²) >= 11 is 0. The van der Waals surface area contributed by atoms with E-state index in [0.717, 1.165) is 13.0 Å². The number of hydrogen-bond acceptors (Lipinski definition) is 3. The summed E-state index contributed by atoms with van der Waals surface area (Å²) in [5.74, 6) is 0. The quantitative estimate of drug-likeness (QED) is 0.650. The second-order valence-electron chi connectivity index (χ2n) is 5.16. The minimum Gasteiger partial charge on any atom is -0.396 e. The van der Waals surface area contributed by atoms with Gasteiger partial charge in [-0.2, -0.15) is 0 Å². The number of piperidine rings is 1. The molecule has 0 aromatic rings. The predicted molar refractivity (Wildman–Crippen MR) is 68.7 cm³/mol. The van der Waals surface area contributed by atoms with Crippen LogP contribution in [0.3, 0.4) is 0 Å². The van der Waals surface area contributed by atoms with E-state index in [1.807, 2.05) is 0 Å². The zero-order valence-corrected chi connectivity index (χ0v) is 10.9. The number of nitrogens with one attached hydrogen (secondary N) is 1. The highest BCUT2D eigenvalue weighted by atomic mass is 16.3. The SMILES string of the molecule is CC(C)NCCCN1CCCCC1CCO. The van der Waals surface area contributed by atoms with Gasteiger partial charge in [0.05, 0.1) is 0 Å². The molecule has 3 heteroatoms. The number of rotatable bonds is 7. The van der Waals surface area contributed by atoms with Crippen molar-refractivity contribution in [2.75, 3.05) is 26.2 Å². The van der Waals surface area contributed by atoms with Crippen molar-refractivity contribution in [2.24, 2.45) is 0 Å². The van der Waals surface area contributed by atoms with Gasteiger partial charge in [-0.15, -0.1) is 0 Å². The third-order valence-electron chi connectivity index (χ3n) is 3.39. The monoisotopic (exact) mass is 228 g/mol. The summed E-state index contributed by atoms with van der Waals surface area (Å²) in [6.45, 7) is 8.24. The maximum atomic E-state index is 9.04. The number of likely N-dealkylation sites (tertiary alicyclic amines) is 1. The molecule has 1 heterocycles. The summed E-state index contributed by atoms with van der Waals surface area (Å²) in [5.41, 5.74) is 0. The average molecular weight is 228 g/mol. The maximum Gasteiger partial charge on any atom is 0.0445 e. The molecule has 16 heavy (non-hydrogen) atoms. The first-order valence-electron chi connectivity index (χ1n) is 6.82. The van der Waals surface area contributed by atoms with E-state index in [1.54, 1.807) is 0 Å². The van der Waals surface area contributed by atoms with Crippen LogP contribution in [-0.4, -0.2) is 48.3 Å². The van der Waals surface area contributed by atoms with Gasteiger partial charge in [0.25, 0.3) is 0 Å². The molecule has 2 N–H and O–H groups in total. The Morgan fingerprint density at radius 3 is 2.88 bits per heavy atom. The average Bonchev–Trinajstić information content (AvgIpc) is 2.26. The van der Waals surface area contributed by atoms with Gasteiger partial charge in [0.1, 0.15) is 0 Å². The van der Waals surface area contributed by atoms with Gasteiger partial charge in [0.2, 0.25) is 0 Å². The van der Waals surface area contributed by atoms with E-state index in [2.05, 4.69) is 24.1 Å². The molecule has 1 saturated heterocycles. The Morgan fingerprint density at radius 1 is 1.38 bits per heavy atom. The van der Waals surface area contributed by atoms with Crippen molar-refractivity contribution in [3.63, 3.8) is 0 Å². The van der Waals surface area contributed by atoms with Gasteiger partial charge in [0, 0.05) is 18.7 Å². The largest absolute Gasteiger partial charge is 0.396 e. The molecule has 0 aliphatic carbocycles. The van der Waals surface area contributed by atoms with Gasteiger partial charge in [-0.05, 0) is 45.3 Å². The molecule has 0 saturated carbocycles. The van der Waals surface area contributed by atoms with Crippen LogP contribution in [0.2, 0.25) is 0 Å². The Kier molecular flexibility index (Phi) is 7.01. The van der Waals surface area contributed by atoms with E-state index in [9.17, 15) is 0 Å². The number of hydrogen-bond donors (Lipinski definition) is 2. The molecular formula is C13H28N2O. The van der Waals surface area contributed by atoms with Gasteiger partial charge >= 0.3 is 0 Å². The summed E-state index contributed by atoms with van der Waals surface area (Å²) in [7, 11) is 0. The Hall–Kier alpha value is -0.120. The molecule has 0 bridgehead atoms. The van der Waals surface area contributed by atoms with Crippen LogP contribution in [0.25, 0.3) is 0 Å². The molecule has 0 aromatic heterocycles. The Morgan fingerprint density at radius 2 is 2.19 bits per heavy atom. The van der Waals surface area contributed by atoms with E-state index >= 15 is 0 Å². The van der Waals surface area contributed by atoms with Gasteiger partial charge < -0.3 is 15.3 Å². The Bertz CT molecular complexity index is 171. The highest BCUT2D eigenvalue weighted by Gasteiger charge is 2.20. The van der Waals surface area contributed by atoms with Crippen molar-refractivity contribution in [2.45, 2.75) is 58.0 Å². The third-order valence-corrected chi connectivity index (χ3v) is 3.39. The second kappa shape index (κ2) is 8.04. The second-order valence-corrected chi connectivity index (χ2v) is 5.16. The lowest BCUT2D eigenvalue weighted by atomic mass is 9.99. The van der Waals surface area contributed by atoms with Crippen LogP contribution in [-0.2, 0) is 0 Å². The van der Waals surface area contributed by atoms with E-state index in [4.69, 9.17) is 5.11 Å². The number of aliphatic hydroxyl groups is 1. The fraction of sp³-hybridized carbons (Fsp3) is 1.00. The molecule has 0 spiro atoms. The van der Waals surface area contributed by atoms with Gasteiger partial charge in [-0.1, -0.05) is 20.3 Å².